The van der Waals surface area contributed by atoms with Gasteiger partial charge in [0, 0.05) is 0 Å². The van der Waals surface area contributed by atoms with Crippen molar-refractivity contribution in [3.8, 4) is 0 Å². The van der Waals surface area contributed by atoms with E-state index in [1.165, 1.54) is 65.7 Å². The summed E-state index contributed by atoms with van der Waals surface area (Å²) in [6, 6.07) is 38.8. The summed E-state index contributed by atoms with van der Waals surface area (Å²) in [7, 11) is 0. The smallest absolute Gasteiger partial charge is 0.130 e. The predicted octanol–water partition coefficient (Wildman–Crippen LogP) is 7.90. The minimum Gasteiger partial charge on any atom is -0.337 e. The Morgan fingerprint density at radius 3 is 1.44 bits per heavy atom. The monoisotopic (exact) mass is 466 g/mol. The summed E-state index contributed by atoms with van der Waals surface area (Å²) in [5, 5.41) is 19.1. The van der Waals surface area contributed by atoms with Crippen molar-refractivity contribution >= 4 is 32.3 Å². The average molecular weight is 467 g/mol. The third-order valence-electron chi connectivity index (χ3n) is 8.04. The van der Waals surface area contributed by atoms with Gasteiger partial charge >= 0.3 is 0 Å². The van der Waals surface area contributed by atoms with E-state index in [9.17, 15) is 5.21 Å². The van der Waals surface area contributed by atoms with Crippen molar-refractivity contribution in [2.45, 2.75) is 25.9 Å². The number of benzene rings is 6. The molecule has 0 amide bonds. The van der Waals surface area contributed by atoms with Crippen molar-refractivity contribution in [2.24, 2.45) is 0 Å². The first kappa shape index (κ1) is 21.3. The maximum Gasteiger partial charge on any atom is 0.130 e. The van der Waals surface area contributed by atoms with E-state index in [2.05, 4.69) is 123 Å². The molecule has 0 spiro atoms. The highest BCUT2D eigenvalue weighted by molar-refractivity contribution is 5.96. The van der Waals surface area contributed by atoms with E-state index in [0.717, 1.165) is 0 Å². The standard InChI is InChI=1S/C34H27NO/c1-21-17-19-25-20-18-22(2)31-32(25)30(21)33(28-15-7-11-23-9-3-5-13-26(23)28)35(36)34(31)29-16-8-12-24-10-4-6-14-27(24)29/h3-20,33-34,36H,1-2H3/p+1/t33-,34-/m0/s1. The van der Waals surface area contributed by atoms with Crippen LogP contribution in [0.1, 0.15) is 45.5 Å². The molecule has 36 heavy (non-hydrogen) atoms. The third kappa shape index (κ3) is 2.99. The Balaban J connectivity index is 1.62. The van der Waals surface area contributed by atoms with Gasteiger partial charge in [-0.25, -0.2) is 0 Å². The molecule has 6 aromatic rings. The summed E-state index contributed by atoms with van der Waals surface area (Å²) in [4.78, 5) is 0. The SMILES string of the molecule is Cc1ccc2ccc(C)c3c2c1[C@H](c1cccc2ccccc12)N([OH2+])[C@H]3c1cccc2ccccc12. The van der Waals surface area contributed by atoms with Gasteiger partial charge in [0.05, 0.1) is 0 Å². The topological polar surface area (TPSA) is 26.1 Å². The van der Waals surface area contributed by atoms with Crippen molar-refractivity contribution in [3.63, 3.8) is 0 Å². The van der Waals surface area contributed by atoms with Gasteiger partial charge in [-0.15, -0.1) is 0 Å². The number of fused-ring (bicyclic) bond motifs is 2. The highest BCUT2D eigenvalue weighted by atomic mass is 16.5. The quantitative estimate of drug-likeness (QED) is 0.238. The second-order valence-corrected chi connectivity index (χ2v) is 10.0. The van der Waals surface area contributed by atoms with E-state index < -0.39 is 0 Å². The lowest BCUT2D eigenvalue weighted by atomic mass is 9.77. The number of nitrogens with zero attached hydrogens (tertiary/aromatic N) is 1. The molecular weight excluding hydrogens is 438 g/mol. The van der Waals surface area contributed by atoms with Crippen molar-refractivity contribution in [1.82, 2.24) is 5.06 Å². The van der Waals surface area contributed by atoms with Crippen molar-refractivity contribution in [1.29, 1.82) is 0 Å². The van der Waals surface area contributed by atoms with Crippen LogP contribution in [0.3, 0.4) is 0 Å². The van der Waals surface area contributed by atoms with Crippen LogP contribution in [-0.2, 0) is 0 Å². The highest BCUT2D eigenvalue weighted by Gasteiger charge is 2.43. The second kappa shape index (κ2) is 8.03. The summed E-state index contributed by atoms with van der Waals surface area (Å²) >= 11 is 0. The molecule has 0 bridgehead atoms. The molecule has 1 heterocycles. The first-order valence-corrected chi connectivity index (χ1v) is 12.6. The molecule has 2 heteroatoms. The molecule has 0 saturated heterocycles. The Labute approximate surface area is 211 Å². The molecule has 7 rings (SSSR count). The van der Waals surface area contributed by atoms with Crippen LogP contribution >= 0.6 is 0 Å². The van der Waals surface area contributed by atoms with Gasteiger partial charge in [-0.2, -0.15) is 0 Å². The van der Waals surface area contributed by atoms with E-state index in [1.807, 2.05) is 5.06 Å². The lowest BCUT2D eigenvalue weighted by Crippen LogP contribution is -2.36. The summed E-state index contributed by atoms with van der Waals surface area (Å²) < 4.78 is 0. The van der Waals surface area contributed by atoms with Crippen LogP contribution in [0.15, 0.2) is 109 Å². The summed E-state index contributed by atoms with van der Waals surface area (Å²) in [5.74, 6) is 0. The first-order valence-electron chi connectivity index (χ1n) is 12.6. The Kier molecular flexibility index (Phi) is 4.75. The molecule has 0 radical (unpaired) electrons. The fraction of sp³-hybridized carbons (Fsp3) is 0.118. The normalized spacial score (nSPS) is 17.8. The van der Waals surface area contributed by atoms with Gasteiger partial charge in [0.25, 0.3) is 0 Å². The van der Waals surface area contributed by atoms with Gasteiger partial charge < -0.3 is 5.21 Å². The van der Waals surface area contributed by atoms with Gasteiger partial charge in [-0.05, 0) is 79.5 Å². The summed E-state index contributed by atoms with van der Waals surface area (Å²) in [5.41, 5.74) is 7.37. The Bertz CT molecular complexity index is 1660. The zero-order valence-corrected chi connectivity index (χ0v) is 20.5. The number of hydroxylamine groups is 2. The highest BCUT2D eigenvalue weighted by Crippen LogP contribution is 2.51. The van der Waals surface area contributed by atoms with Gasteiger partial charge in [-0.1, -0.05) is 114 Å². The van der Waals surface area contributed by atoms with Crippen LogP contribution in [0.25, 0.3) is 32.3 Å². The number of aryl methyl sites for hydroxylation is 2. The van der Waals surface area contributed by atoms with E-state index >= 15 is 0 Å². The van der Waals surface area contributed by atoms with Crippen LogP contribution in [0, 0.1) is 13.8 Å². The molecule has 0 fully saturated rings. The molecule has 0 unspecified atom stereocenters. The number of hydrogen-bond donors (Lipinski definition) is 0. The van der Waals surface area contributed by atoms with Gasteiger partial charge in [0.15, 0.2) is 0 Å². The fourth-order valence-electron chi connectivity index (χ4n) is 6.40. The Morgan fingerprint density at radius 2 is 0.944 bits per heavy atom. The number of hydrogen-bond acceptors (Lipinski definition) is 1. The molecule has 1 aliphatic heterocycles. The van der Waals surface area contributed by atoms with Gasteiger partial charge in [0.2, 0.25) is 0 Å². The third-order valence-corrected chi connectivity index (χ3v) is 8.04. The molecule has 0 aromatic heterocycles. The lowest BCUT2D eigenvalue weighted by molar-refractivity contribution is -0.144. The van der Waals surface area contributed by atoms with Crippen LogP contribution in [0.5, 0.6) is 0 Å². The van der Waals surface area contributed by atoms with Crippen molar-refractivity contribution < 1.29 is 5.21 Å². The Hall–Kier alpha value is -3.98. The molecule has 6 aromatic carbocycles. The summed E-state index contributed by atoms with van der Waals surface area (Å²) in [6.07, 6.45) is 0. The predicted molar refractivity (Wildman–Crippen MR) is 150 cm³/mol. The molecule has 174 valence electrons. The van der Waals surface area contributed by atoms with Crippen LogP contribution < -0.4 is 0 Å². The second-order valence-electron chi connectivity index (χ2n) is 10.0. The number of rotatable bonds is 2. The fourth-order valence-corrected chi connectivity index (χ4v) is 6.40. The maximum absolute atomic E-state index is 9.83. The molecule has 2 atom stereocenters. The molecular formula is C34H28NO+. The molecule has 1 aliphatic rings. The zero-order chi connectivity index (χ0) is 24.4. The summed E-state index contributed by atoms with van der Waals surface area (Å²) in [6.45, 7) is 4.40. The lowest BCUT2D eigenvalue weighted by Gasteiger charge is -2.38. The molecule has 0 aliphatic carbocycles. The molecule has 2 nitrogen and oxygen atoms in total. The molecule has 2 N–H and O–H groups in total. The van der Waals surface area contributed by atoms with E-state index in [1.54, 1.807) is 0 Å². The average Bonchev–Trinajstić information content (AvgIpc) is 2.91. The van der Waals surface area contributed by atoms with Gasteiger partial charge in [0.1, 0.15) is 12.1 Å². The Morgan fingerprint density at radius 1 is 0.500 bits per heavy atom. The largest absolute Gasteiger partial charge is 0.337 e. The maximum atomic E-state index is 9.83. The van der Waals surface area contributed by atoms with E-state index in [4.69, 9.17) is 0 Å². The minimum atomic E-state index is -0.182. The van der Waals surface area contributed by atoms with Crippen LogP contribution in [0.4, 0.5) is 0 Å². The molecule has 0 saturated carbocycles. The van der Waals surface area contributed by atoms with Gasteiger partial charge in [-0.3, -0.25) is 0 Å². The van der Waals surface area contributed by atoms with Crippen molar-refractivity contribution in [3.05, 3.63) is 143 Å². The minimum absolute atomic E-state index is 0.182. The van der Waals surface area contributed by atoms with Crippen molar-refractivity contribution in [2.75, 3.05) is 0 Å². The van der Waals surface area contributed by atoms with E-state index in [-0.39, 0.29) is 12.1 Å². The van der Waals surface area contributed by atoms with Crippen LogP contribution in [0.2, 0.25) is 0 Å². The zero-order valence-electron chi connectivity index (χ0n) is 20.5. The van der Waals surface area contributed by atoms with E-state index in [0.29, 0.717) is 0 Å². The first-order chi connectivity index (χ1) is 17.6. The van der Waals surface area contributed by atoms with Crippen LogP contribution in [-0.4, -0.2) is 10.3 Å².